The monoisotopic (exact) mass is 903 g/mol. The van der Waals surface area contributed by atoms with Crippen molar-refractivity contribution in [3.63, 3.8) is 0 Å². The molecule has 0 saturated carbocycles. The van der Waals surface area contributed by atoms with E-state index in [1.54, 1.807) is 0 Å². The van der Waals surface area contributed by atoms with Crippen molar-refractivity contribution in [2.75, 3.05) is 0 Å². The molecule has 4 aromatic heterocycles. The molecule has 0 amide bonds. The SMILES string of the molecule is c1ccc(-c2cccc(-c3nc(-c4ccc(-n5c6ccc(-n7c8ccccc8c8ccccc87)cc6c6cc(-n7c8ccccc8c8ccccc87)ccc65)cc4)nc4c3ccc3ccccc34)c2)cc1. The number of hydrogen-bond acceptors (Lipinski definition) is 2. The molecule has 0 atom stereocenters. The van der Waals surface area contributed by atoms with E-state index in [1.807, 2.05) is 0 Å². The van der Waals surface area contributed by atoms with Crippen LogP contribution in [0.1, 0.15) is 0 Å². The largest absolute Gasteiger partial charge is 0.309 e. The van der Waals surface area contributed by atoms with E-state index in [2.05, 4.69) is 262 Å². The van der Waals surface area contributed by atoms with E-state index in [1.165, 1.54) is 59.9 Å². The van der Waals surface area contributed by atoms with Gasteiger partial charge in [0.2, 0.25) is 0 Å². The van der Waals surface area contributed by atoms with Gasteiger partial charge in [-0.3, -0.25) is 0 Å². The summed E-state index contributed by atoms with van der Waals surface area (Å²) < 4.78 is 7.24. The molecule has 5 nitrogen and oxygen atoms in total. The molecule has 0 bridgehead atoms. The maximum absolute atomic E-state index is 5.41. The second-order valence-corrected chi connectivity index (χ2v) is 18.6. The lowest BCUT2D eigenvalue weighted by Gasteiger charge is -2.13. The molecule has 0 fully saturated rings. The van der Waals surface area contributed by atoms with Crippen molar-refractivity contribution in [3.05, 3.63) is 249 Å². The van der Waals surface area contributed by atoms with Gasteiger partial charge in [0.1, 0.15) is 0 Å². The molecule has 0 spiro atoms. The highest BCUT2D eigenvalue weighted by atomic mass is 15.0. The molecule has 0 aliphatic carbocycles. The summed E-state index contributed by atoms with van der Waals surface area (Å²) in [4.78, 5) is 10.8. The van der Waals surface area contributed by atoms with E-state index in [-0.39, 0.29) is 0 Å². The van der Waals surface area contributed by atoms with Gasteiger partial charge in [-0.1, -0.05) is 152 Å². The van der Waals surface area contributed by atoms with Gasteiger partial charge >= 0.3 is 0 Å². The third-order valence-electron chi connectivity index (χ3n) is 14.6. The van der Waals surface area contributed by atoms with Gasteiger partial charge in [-0.2, -0.15) is 0 Å². The Morgan fingerprint density at radius 2 is 0.690 bits per heavy atom. The zero-order valence-electron chi connectivity index (χ0n) is 38.4. The van der Waals surface area contributed by atoms with Crippen LogP contribution < -0.4 is 0 Å². The molecule has 5 heteroatoms. The van der Waals surface area contributed by atoms with Crippen molar-refractivity contribution in [1.82, 2.24) is 23.7 Å². The van der Waals surface area contributed by atoms with Crippen LogP contribution in [0, 0.1) is 0 Å². The van der Waals surface area contributed by atoms with Crippen LogP contribution in [0.3, 0.4) is 0 Å². The van der Waals surface area contributed by atoms with Crippen LogP contribution in [-0.2, 0) is 0 Å². The van der Waals surface area contributed by atoms with Gasteiger partial charge < -0.3 is 13.7 Å². The fourth-order valence-corrected chi connectivity index (χ4v) is 11.4. The van der Waals surface area contributed by atoms with Crippen LogP contribution in [0.5, 0.6) is 0 Å². The van der Waals surface area contributed by atoms with Crippen molar-refractivity contribution < 1.29 is 0 Å². The first-order chi connectivity index (χ1) is 35.2. The number of fused-ring (bicyclic) bond motifs is 12. The second kappa shape index (κ2) is 15.5. The first kappa shape index (κ1) is 39.4. The molecule has 11 aromatic carbocycles. The number of aromatic nitrogens is 5. The van der Waals surface area contributed by atoms with Gasteiger partial charge in [-0.15, -0.1) is 0 Å². The van der Waals surface area contributed by atoms with Gasteiger partial charge in [-0.05, 0) is 114 Å². The lowest BCUT2D eigenvalue weighted by atomic mass is 9.98. The van der Waals surface area contributed by atoms with Crippen LogP contribution in [0.25, 0.3) is 138 Å². The summed E-state index contributed by atoms with van der Waals surface area (Å²) in [6.07, 6.45) is 0. The Kier molecular flexibility index (Phi) is 8.59. The summed E-state index contributed by atoms with van der Waals surface area (Å²) in [6, 6.07) is 89.8. The fraction of sp³-hybridized carbons (Fsp3) is 0. The lowest BCUT2D eigenvalue weighted by Crippen LogP contribution is -1.98. The Hall–Kier alpha value is -9.58. The highest BCUT2D eigenvalue weighted by molar-refractivity contribution is 6.14. The van der Waals surface area contributed by atoms with Crippen molar-refractivity contribution in [1.29, 1.82) is 0 Å². The molecule has 0 aliphatic rings. The summed E-state index contributed by atoms with van der Waals surface area (Å²) in [5, 5.41) is 10.6. The maximum Gasteiger partial charge on any atom is 0.160 e. The highest BCUT2D eigenvalue weighted by Crippen LogP contribution is 2.41. The molecule has 0 N–H and O–H groups in total. The van der Waals surface area contributed by atoms with Crippen molar-refractivity contribution >= 4 is 87.1 Å². The minimum Gasteiger partial charge on any atom is -0.309 e. The lowest BCUT2D eigenvalue weighted by molar-refractivity contribution is 1.16. The van der Waals surface area contributed by atoms with Crippen LogP contribution in [0.4, 0.5) is 0 Å². The highest BCUT2D eigenvalue weighted by Gasteiger charge is 2.20. The summed E-state index contributed by atoms with van der Waals surface area (Å²) in [7, 11) is 0. The Labute approximate surface area is 408 Å². The first-order valence-electron chi connectivity index (χ1n) is 24.2. The van der Waals surface area contributed by atoms with Gasteiger partial charge in [0.25, 0.3) is 0 Å². The molecule has 330 valence electrons. The zero-order chi connectivity index (χ0) is 46.6. The van der Waals surface area contributed by atoms with Crippen molar-refractivity contribution in [2.24, 2.45) is 0 Å². The zero-order valence-corrected chi connectivity index (χ0v) is 38.4. The van der Waals surface area contributed by atoms with E-state index in [9.17, 15) is 0 Å². The third-order valence-corrected chi connectivity index (χ3v) is 14.6. The quantitative estimate of drug-likeness (QED) is 0.156. The molecule has 4 heterocycles. The van der Waals surface area contributed by atoms with Gasteiger partial charge in [-0.25, -0.2) is 9.97 Å². The molecule has 71 heavy (non-hydrogen) atoms. The van der Waals surface area contributed by atoms with E-state index in [0.29, 0.717) is 5.82 Å². The molecule has 0 saturated heterocycles. The number of rotatable bonds is 6. The molecule has 15 aromatic rings. The van der Waals surface area contributed by atoms with Crippen LogP contribution >= 0.6 is 0 Å². The first-order valence-corrected chi connectivity index (χ1v) is 24.2. The van der Waals surface area contributed by atoms with Crippen LogP contribution in [0.15, 0.2) is 249 Å². The van der Waals surface area contributed by atoms with E-state index in [0.717, 1.165) is 72.2 Å². The Bertz CT molecular complexity index is 4350. The predicted molar refractivity (Wildman–Crippen MR) is 296 cm³/mol. The normalized spacial score (nSPS) is 11.9. The third kappa shape index (κ3) is 6.06. The van der Waals surface area contributed by atoms with Crippen molar-refractivity contribution in [2.45, 2.75) is 0 Å². The minimum atomic E-state index is 0.689. The average Bonchev–Trinajstić information content (AvgIpc) is 4.08. The molecule has 15 rings (SSSR count). The fourth-order valence-electron chi connectivity index (χ4n) is 11.4. The van der Waals surface area contributed by atoms with Gasteiger partial charge in [0.15, 0.2) is 5.82 Å². The van der Waals surface area contributed by atoms with Gasteiger partial charge in [0.05, 0.1) is 44.3 Å². The Balaban J connectivity index is 0.928. The summed E-state index contributed by atoms with van der Waals surface area (Å²) in [6.45, 7) is 0. The summed E-state index contributed by atoms with van der Waals surface area (Å²) in [5.41, 5.74) is 16.5. The second-order valence-electron chi connectivity index (χ2n) is 18.6. The molecular formula is C66H41N5. The maximum atomic E-state index is 5.41. The molecule has 0 radical (unpaired) electrons. The number of benzene rings is 11. The Morgan fingerprint density at radius 3 is 1.27 bits per heavy atom. The van der Waals surface area contributed by atoms with Gasteiger partial charge in [0, 0.05) is 71.3 Å². The van der Waals surface area contributed by atoms with Crippen LogP contribution in [0.2, 0.25) is 0 Å². The molecule has 0 unspecified atom stereocenters. The number of para-hydroxylation sites is 4. The number of hydrogen-bond donors (Lipinski definition) is 0. The van der Waals surface area contributed by atoms with E-state index in [4.69, 9.17) is 9.97 Å². The smallest absolute Gasteiger partial charge is 0.160 e. The number of nitrogens with zero attached hydrogens (tertiary/aromatic N) is 5. The van der Waals surface area contributed by atoms with Crippen LogP contribution in [-0.4, -0.2) is 23.7 Å². The Morgan fingerprint density at radius 1 is 0.239 bits per heavy atom. The van der Waals surface area contributed by atoms with E-state index < -0.39 is 0 Å². The van der Waals surface area contributed by atoms with Crippen molar-refractivity contribution in [3.8, 4) is 50.8 Å². The average molecular weight is 904 g/mol. The minimum absolute atomic E-state index is 0.689. The van der Waals surface area contributed by atoms with E-state index >= 15 is 0 Å². The topological polar surface area (TPSA) is 40.6 Å². The standard InChI is InChI=1S/C66H41N5/c1-2-15-42(16-3-1)45-18-14-19-46(39-45)64-55-36-31-43-17-4-5-20-50(43)65(55)68-66(67-64)44-29-32-47(33-30-44)69-62-37-34-48(70-58-25-10-6-21-51(58)52-22-7-11-26-59(52)70)40-56(62)57-41-49(35-38-63(57)69)71-60-27-12-8-23-53(60)54-24-9-13-28-61(54)71/h1-41H. The predicted octanol–water partition coefficient (Wildman–Crippen LogP) is 17.1. The molecule has 0 aliphatic heterocycles. The molecular weight excluding hydrogens is 863 g/mol. The summed E-state index contributed by atoms with van der Waals surface area (Å²) in [5.74, 6) is 0.689. The summed E-state index contributed by atoms with van der Waals surface area (Å²) >= 11 is 0.